The topological polar surface area (TPSA) is 18.5 Å². The van der Waals surface area contributed by atoms with Crippen molar-refractivity contribution in [3.8, 4) is 11.5 Å². The molecule has 0 aliphatic carbocycles. The molecule has 0 spiro atoms. The summed E-state index contributed by atoms with van der Waals surface area (Å²) in [6.45, 7) is 3.63. The number of rotatable bonds is 7. The Balaban J connectivity index is 2.35. The summed E-state index contributed by atoms with van der Waals surface area (Å²) >= 11 is 1.79. The first-order chi connectivity index (χ1) is 7.36. The zero-order valence-corrected chi connectivity index (χ0v) is 10.2. The fraction of sp³-hybridized carbons (Fsp3) is 0.500. The molecule has 0 heterocycles. The number of benzene rings is 1. The highest BCUT2D eigenvalue weighted by Crippen LogP contribution is 2.17. The Bertz CT molecular complexity index is 259. The summed E-state index contributed by atoms with van der Waals surface area (Å²) in [6, 6.07) is 7.80. The molecule has 1 rings (SSSR count). The predicted molar refractivity (Wildman–Crippen MR) is 66.1 cm³/mol. The first-order valence-corrected chi connectivity index (χ1v) is 6.60. The third-order valence-corrected chi connectivity index (χ3v) is 2.43. The summed E-state index contributed by atoms with van der Waals surface area (Å²) in [6.07, 6.45) is 3.11. The van der Waals surface area contributed by atoms with E-state index in [9.17, 15) is 0 Å². The van der Waals surface area contributed by atoms with Crippen LogP contribution < -0.4 is 9.47 Å². The monoisotopic (exact) mass is 226 g/mol. The molecule has 0 atom stereocenters. The van der Waals surface area contributed by atoms with Crippen molar-refractivity contribution in [2.24, 2.45) is 0 Å². The van der Waals surface area contributed by atoms with E-state index < -0.39 is 0 Å². The van der Waals surface area contributed by atoms with Crippen molar-refractivity contribution in [1.29, 1.82) is 0 Å². The van der Waals surface area contributed by atoms with Crippen LogP contribution in [0.2, 0.25) is 0 Å². The molecule has 0 saturated carbocycles. The molecule has 0 fully saturated rings. The van der Waals surface area contributed by atoms with E-state index in [1.165, 1.54) is 0 Å². The van der Waals surface area contributed by atoms with Crippen LogP contribution in [0.25, 0.3) is 0 Å². The lowest BCUT2D eigenvalue weighted by molar-refractivity contribution is 0.314. The van der Waals surface area contributed by atoms with Gasteiger partial charge in [0.05, 0.1) is 13.2 Å². The van der Waals surface area contributed by atoms with Gasteiger partial charge in [-0.15, -0.1) is 0 Å². The Kier molecular flexibility index (Phi) is 6.09. The molecule has 0 radical (unpaired) electrons. The van der Waals surface area contributed by atoms with E-state index in [2.05, 4.69) is 13.2 Å². The summed E-state index contributed by atoms with van der Waals surface area (Å²) in [4.78, 5) is 0. The van der Waals surface area contributed by atoms with E-state index >= 15 is 0 Å². The first-order valence-electron chi connectivity index (χ1n) is 5.21. The quantitative estimate of drug-likeness (QED) is 0.665. The Labute approximate surface area is 96.0 Å². The zero-order valence-electron chi connectivity index (χ0n) is 9.36. The van der Waals surface area contributed by atoms with Crippen molar-refractivity contribution in [3.05, 3.63) is 24.3 Å². The van der Waals surface area contributed by atoms with Gasteiger partial charge in [0.2, 0.25) is 0 Å². The van der Waals surface area contributed by atoms with Crippen LogP contribution in [-0.4, -0.2) is 25.2 Å². The van der Waals surface area contributed by atoms with Gasteiger partial charge in [0, 0.05) is 5.75 Å². The minimum atomic E-state index is 0.760. The van der Waals surface area contributed by atoms with Crippen LogP contribution in [0.5, 0.6) is 11.5 Å². The van der Waals surface area contributed by atoms with Gasteiger partial charge in [0.1, 0.15) is 11.5 Å². The summed E-state index contributed by atoms with van der Waals surface area (Å²) in [5, 5.41) is 0. The second-order valence-electron chi connectivity index (χ2n) is 3.16. The highest BCUT2D eigenvalue weighted by molar-refractivity contribution is 7.98. The van der Waals surface area contributed by atoms with Gasteiger partial charge in [-0.2, -0.15) is 11.8 Å². The molecule has 84 valence electrons. The Hall–Kier alpha value is -0.830. The lowest BCUT2D eigenvalue weighted by Gasteiger charge is -2.07. The standard InChI is InChI=1S/C12H18O2S/c1-3-8-13-11-4-6-12(7-5-11)14-9-10-15-2/h4-7H,3,8-10H2,1-2H3. The number of ether oxygens (including phenoxy) is 2. The molecule has 0 N–H and O–H groups in total. The molecule has 0 unspecified atom stereocenters. The molecule has 3 heteroatoms. The molecule has 0 aromatic heterocycles. The maximum Gasteiger partial charge on any atom is 0.119 e. The fourth-order valence-corrected chi connectivity index (χ4v) is 1.34. The van der Waals surface area contributed by atoms with Gasteiger partial charge in [0.25, 0.3) is 0 Å². The van der Waals surface area contributed by atoms with Crippen LogP contribution in [0.3, 0.4) is 0 Å². The molecule has 0 amide bonds. The molecule has 2 nitrogen and oxygen atoms in total. The molecule has 0 aliphatic rings. The molecule has 1 aromatic carbocycles. The molecule has 15 heavy (non-hydrogen) atoms. The first kappa shape index (κ1) is 12.2. The molecular formula is C12H18O2S. The summed E-state index contributed by atoms with van der Waals surface area (Å²) in [5.74, 6) is 2.84. The van der Waals surface area contributed by atoms with Crippen LogP contribution >= 0.6 is 11.8 Å². The largest absolute Gasteiger partial charge is 0.494 e. The zero-order chi connectivity index (χ0) is 10.9. The van der Waals surface area contributed by atoms with E-state index in [-0.39, 0.29) is 0 Å². The maximum absolute atomic E-state index is 5.53. The average Bonchev–Trinajstić information content (AvgIpc) is 2.28. The normalized spacial score (nSPS) is 10.0. The van der Waals surface area contributed by atoms with Crippen molar-refractivity contribution in [2.45, 2.75) is 13.3 Å². The van der Waals surface area contributed by atoms with Crippen molar-refractivity contribution in [2.75, 3.05) is 25.2 Å². The Morgan fingerprint density at radius 2 is 1.53 bits per heavy atom. The summed E-state index contributed by atoms with van der Waals surface area (Å²) in [7, 11) is 0. The summed E-state index contributed by atoms with van der Waals surface area (Å²) < 4.78 is 11.0. The number of hydrogen-bond acceptors (Lipinski definition) is 3. The van der Waals surface area contributed by atoms with Crippen LogP contribution in [0.1, 0.15) is 13.3 Å². The fourth-order valence-electron chi connectivity index (χ4n) is 1.09. The van der Waals surface area contributed by atoms with Crippen LogP contribution in [0.4, 0.5) is 0 Å². The third kappa shape index (κ3) is 4.98. The van der Waals surface area contributed by atoms with Gasteiger partial charge in [0.15, 0.2) is 0 Å². The van der Waals surface area contributed by atoms with Crippen LogP contribution in [0.15, 0.2) is 24.3 Å². The molecule has 1 aromatic rings. The summed E-state index contributed by atoms with van der Waals surface area (Å²) in [5.41, 5.74) is 0. The molecular weight excluding hydrogens is 208 g/mol. The van der Waals surface area contributed by atoms with Gasteiger partial charge >= 0.3 is 0 Å². The number of thioether (sulfide) groups is 1. The van der Waals surface area contributed by atoms with Crippen molar-refractivity contribution in [1.82, 2.24) is 0 Å². The minimum Gasteiger partial charge on any atom is -0.494 e. The van der Waals surface area contributed by atoms with Gasteiger partial charge < -0.3 is 9.47 Å². The smallest absolute Gasteiger partial charge is 0.119 e. The van der Waals surface area contributed by atoms with Gasteiger partial charge in [-0.1, -0.05) is 6.92 Å². The Morgan fingerprint density at radius 3 is 2.00 bits per heavy atom. The van der Waals surface area contributed by atoms with E-state index in [4.69, 9.17) is 9.47 Å². The lowest BCUT2D eigenvalue weighted by Crippen LogP contribution is -1.99. The van der Waals surface area contributed by atoms with Gasteiger partial charge in [-0.3, -0.25) is 0 Å². The molecule has 0 bridgehead atoms. The van der Waals surface area contributed by atoms with Crippen LogP contribution in [0, 0.1) is 0 Å². The lowest BCUT2D eigenvalue weighted by atomic mass is 10.3. The van der Waals surface area contributed by atoms with Crippen molar-refractivity contribution in [3.63, 3.8) is 0 Å². The maximum atomic E-state index is 5.53. The second-order valence-corrected chi connectivity index (χ2v) is 4.15. The molecule has 0 aliphatic heterocycles. The van der Waals surface area contributed by atoms with E-state index in [0.29, 0.717) is 0 Å². The highest BCUT2D eigenvalue weighted by Gasteiger charge is 1.95. The predicted octanol–water partition coefficient (Wildman–Crippen LogP) is 3.22. The molecule has 0 saturated heterocycles. The van der Waals surface area contributed by atoms with Crippen molar-refractivity contribution < 1.29 is 9.47 Å². The van der Waals surface area contributed by atoms with E-state index in [1.807, 2.05) is 24.3 Å². The highest BCUT2D eigenvalue weighted by atomic mass is 32.2. The number of hydrogen-bond donors (Lipinski definition) is 0. The van der Waals surface area contributed by atoms with Crippen LogP contribution in [-0.2, 0) is 0 Å². The van der Waals surface area contributed by atoms with Gasteiger partial charge in [-0.25, -0.2) is 0 Å². The van der Waals surface area contributed by atoms with Gasteiger partial charge in [-0.05, 0) is 36.9 Å². The minimum absolute atomic E-state index is 0.760. The third-order valence-electron chi connectivity index (χ3n) is 1.85. The van der Waals surface area contributed by atoms with Crippen molar-refractivity contribution >= 4 is 11.8 Å². The van der Waals surface area contributed by atoms with E-state index in [1.54, 1.807) is 11.8 Å². The second kappa shape index (κ2) is 7.46. The van der Waals surface area contributed by atoms with E-state index in [0.717, 1.165) is 36.9 Å². The average molecular weight is 226 g/mol. The Morgan fingerprint density at radius 1 is 1.00 bits per heavy atom. The SMILES string of the molecule is CCCOc1ccc(OCCSC)cc1.